The van der Waals surface area contributed by atoms with E-state index in [1.54, 1.807) is 43.6 Å². The van der Waals surface area contributed by atoms with Crippen molar-refractivity contribution in [3.8, 4) is 5.75 Å². The summed E-state index contributed by atoms with van der Waals surface area (Å²) in [4.78, 5) is 169. The number of para-hydroxylation sites is 2. The summed E-state index contributed by atoms with van der Waals surface area (Å²) in [5, 5.41) is 54.2. The van der Waals surface area contributed by atoms with Crippen LogP contribution < -0.4 is 59.3 Å². The van der Waals surface area contributed by atoms with E-state index in [0.717, 1.165) is 0 Å². The number of phenolic OH excluding ortho intramolecular Hbond substituents is 1. The number of phenols is 1. The predicted molar refractivity (Wildman–Crippen MR) is 356 cm³/mol. The van der Waals surface area contributed by atoms with Gasteiger partial charge in [0.15, 0.2) is 5.96 Å². The number of alkyl halides is 3. The normalized spacial score (nSPS) is 16.4. The fourth-order valence-electron chi connectivity index (χ4n) is 11.5. The van der Waals surface area contributed by atoms with Gasteiger partial charge in [0.05, 0.1) is 12.9 Å². The van der Waals surface area contributed by atoms with E-state index in [1.807, 2.05) is 38.1 Å². The third-order valence-corrected chi connectivity index (χ3v) is 16.5. The molecule has 2 aliphatic rings. The van der Waals surface area contributed by atoms with Crippen LogP contribution in [0.4, 0.5) is 13.2 Å². The molecule has 0 bridgehead atoms. The maximum absolute atomic E-state index is 15.1. The Morgan fingerprint density at radius 2 is 1.18 bits per heavy atom. The number of hydrogen-bond acceptors (Lipinski definition) is 15. The average Bonchev–Trinajstić information content (AvgIpc) is 1.62. The van der Waals surface area contributed by atoms with Gasteiger partial charge in [0.25, 0.3) is 0 Å². The van der Waals surface area contributed by atoms with Gasteiger partial charge < -0.3 is 94.5 Å². The number of hydrogen-bond donors (Lipinski definition) is 17. The second kappa shape index (κ2) is 36.0. The number of imidazole rings is 1. The third kappa shape index (κ3) is 22.0. The number of likely N-dealkylation sites (N-methyl/N-ethyl adjacent to an activating group) is 1. The fourth-order valence-corrected chi connectivity index (χ4v) is 11.5. The molecule has 2 saturated heterocycles. The summed E-state index contributed by atoms with van der Waals surface area (Å²) < 4.78 is 31.7. The topological polar surface area (TPSA) is 485 Å². The molecule has 10 amide bonds. The second-order valence-electron chi connectivity index (χ2n) is 24.5. The first-order valence-corrected chi connectivity index (χ1v) is 32.4. The molecule has 19 N–H and O–H groups in total. The third-order valence-electron chi connectivity index (χ3n) is 16.5. The van der Waals surface area contributed by atoms with Crippen LogP contribution in [0, 0.1) is 5.92 Å². The van der Waals surface area contributed by atoms with Gasteiger partial charge in [0.2, 0.25) is 59.1 Å². The number of aromatic nitrogens is 4. The summed E-state index contributed by atoms with van der Waals surface area (Å²) in [6, 6.07) is 8.42. The summed E-state index contributed by atoms with van der Waals surface area (Å²) >= 11 is 0. The zero-order valence-corrected chi connectivity index (χ0v) is 55.1. The van der Waals surface area contributed by atoms with E-state index in [1.165, 1.54) is 41.7 Å². The number of carbonyl (C=O) groups is 11. The van der Waals surface area contributed by atoms with Crippen molar-refractivity contribution in [1.29, 1.82) is 0 Å². The van der Waals surface area contributed by atoms with Gasteiger partial charge in [-0.3, -0.25) is 52.9 Å². The lowest BCUT2D eigenvalue weighted by atomic mass is 9.99. The van der Waals surface area contributed by atoms with Crippen molar-refractivity contribution in [2.24, 2.45) is 22.4 Å². The van der Waals surface area contributed by atoms with Gasteiger partial charge in [-0.05, 0) is 92.3 Å². The number of nitrogens with two attached hydrogens (primary N) is 2. The van der Waals surface area contributed by atoms with Crippen molar-refractivity contribution in [2.75, 3.05) is 26.2 Å². The number of carboxylic acid groups (broad SMARTS) is 1. The molecule has 31 nitrogen and oxygen atoms in total. The van der Waals surface area contributed by atoms with Gasteiger partial charge in [-0.25, -0.2) is 9.78 Å². The first-order chi connectivity index (χ1) is 47.6. The first-order valence-electron chi connectivity index (χ1n) is 32.4. The molecule has 3 aromatic carbocycles. The van der Waals surface area contributed by atoms with Crippen molar-refractivity contribution >= 4 is 92.8 Å². The molecule has 0 radical (unpaired) electrons. The Morgan fingerprint density at radius 1 is 0.670 bits per heavy atom. The van der Waals surface area contributed by atoms with Crippen LogP contribution in [0.2, 0.25) is 0 Å². The van der Waals surface area contributed by atoms with Crippen molar-refractivity contribution < 1.29 is 81.2 Å². The van der Waals surface area contributed by atoms with E-state index in [-0.39, 0.29) is 100 Å². The molecule has 0 spiro atoms. The van der Waals surface area contributed by atoms with Gasteiger partial charge in [-0.2, -0.15) is 13.2 Å². The summed E-state index contributed by atoms with van der Waals surface area (Å²) in [5.74, 6) is -10.3. The molecule has 100 heavy (non-hydrogen) atoms. The Labute approximate surface area is 571 Å². The number of carboxylic acids is 1. The SMILES string of the molecule is CCNC(=O)[C@@H]1CCCN1C(=O)[C@H](CCCN=C(N)N)NC(=O)[C@H](CC(C)C)NC(=O)[C@@H](Cc1c[nH]c2ccccc12)NC(=O)[C@H](Cc1ccc(O)cc1)NC(=O)[C@H](CO)NC(=O)[C@H](Cc1c[nH]c2ccccc12)NC(=O)[C@@H](Cc1cnc[nH]1)NC(=O)[C@@H]1CCC(=O)N1.O=C(O)C(F)(F)F. The van der Waals surface area contributed by atoms with E-state index >= 15 is 9.59 Å². The number of H-pyrrole nitrogens is 3. The number of benzene rings is 3. The standard InChI is InChI=1S/C64H83N17O12.C2HF3O2/c1-4-68-62(92)53-16-10-24-81(53)63(93)46(15-9-23-69-64(65)66)74-56(86)47(25-35(2)3)75-58(88)49(27-37-30-70-43-13-7-5-11-41(37)43)77-57(87)48(26-36-17-19-40(83)20-18-36)76-61(91)52(33-82)80-59(89)50(28-38-31-71-44-14-8-6-12-42(38)44)78-60(90)51(29-39-32-67-34-72-39)79-55(85)45-21-22-54(84)73-45;3-2(4,5)1(6)7/h5-8,11-14,17-20,30-32,34-35,45-53,70-71,82-83H,4,9-10,15-16,21-29,33H2,1-3H3,(H,67,72)(H,68,92)(H,73,84)(H,74,86)(H,75,88)(H,76,91)(H,77,87)(H,78,90)(H,79,85)(H,80,89)(H4,65,66,69);(H,6,7)/t45-,46-,47-,48-,49+,50-,51+,52-,53-;/m0./s1. The van der Waals surface area contributed by atoms with Gasteiger partial charge in [-0.1, -0.05) is 62.4 Å². The number of aliphatic carboxylic acids is 1. The van der Waals surface area contributed by atoms with Crippen LogP contribution in [0.15, 0.2) is 103 Å². The van der Waals surface area contributed by atoms with Crippen LogP contribution in [0.25, 0.3) is 21.8 Å². The highest BCUT2D eigenvalue weighted by Crippen LogP contribution is 2.24. The van der Waals surface area contributed by atoms with Crippen LogP contribution in [-0.2, 0) is 78.4 Å². The molecule has 3 aromatic heterocycles. The maximum Gasteiger partial charge on any atom is 0.490 e. The van der Waals surface area contributed by atoms with Gasteiger partial charge in [-0.15, -0.1) is 0 Å². The second-order valence-corrected chi connectivity index (χ2v) is 24.5. The molecule has 538 valence electrons. The molecular weight excluding hydrogens is 1310 g/mol. The number of rotatable bonds is 32. The first kappa shape index (κ1) is 76.3. The highest BCUT2D eigenvalue weighted by Gasteiger charge is 2.41. The quantitative estimate of drug-likeness (QED) is 0.0149. The molecule has 5 heterocycles. The number of halogens is 3. The lowest BCUT2D eigenvalue weighted by Gasteiger charge is -2.30. The predicted octanol–water partition coefficient (Wildman–Crippen LogP) is -0.127. The average molecular weight is 1400 g/mol. The molecule has 34 heteroatoms. The smallest absolute Gasteiger partial charge is 0.490 e. The molecular formula is C66H84F3N17O14. The van der Waals surface area contributed by atoms with Crippen LogP contribution in [0.3, 0.4) is 0 Å². The van der Waals surface area contributed by atoms with E-state index in [0.29, 0.717) is 63.6 Å². The van der Waals surface area contributed by atoms with E-state index < -0.39 is 120 Å². The fraction of sp³-hybridized carbons (Fsp3) is 0.439. The zero-order chi connectivity index (χ0) is 72.8. The number of guanidine groups is 1. The number of likely N-dealkylation sites (tertiary alicyclic amines) is 1. The Kier molecular flexibility index (Phi) is 27.4. The van der Waals surface area contributed by atoms with Gasteiger partial charge >= 0.3 is 12.1 Å². The largest absolute Gasteiger partial charge is 0.508 e. The maximum atomic E-state index is 15.1. The minimum atomic E-state index is -5.08. The van der Waals surface area contributed by atoms with Crippen molar-refractivity contribution in [3.05, 3.63) is 120 Å². The lowest BCUT2D eigenvalue weighted by Crippen LogP contribution is -2.61. The number of nitrogens with zero attached hydrogens (tertiary/aromatic N) is 3. The van der Waals surface area contributed by atoms with E-state index in [9.17, 15) is 61.7 Å². The van der Waals surface area contributed by atoms with Crippen LogP contribution in [0.5, 0.6) is 5.75 Å². The molecule has 0 unspecified atom stereocenters. The van der Waals surface area contributed by atoms with E-state index in [2.05, 4.69) is 72.8 Å². The minimum Gasteiger partial charge on any atom is -0.508 e. The summed E-state index contributed by atoms with van der Waals surface area (Å²) in [6.07, 6.45) is 2.01. The van der Waals surface area contributed by atoms with Crippen molar-refractivity contribution in [1.82, 2.24) is 72.7 Å². The number of amides is 10. The Balaban J connectivity index is 0.00000190. The van der Waals surface area contributed by atoms with Gasteiger partial charge in [0.1, 0.15) is 60.1 Å². The summed E-state index contributed by atoms with van der Waals surface area (Å²) in [7, 11) is 0. The monoisotopic (exact) mass is 1400 g/mol. The molecule has 2 aliphatic heterocycles. The highest BCUT2D eigenvalue weighted by molar-refractivity contribution is 6.00. The summed E-state index contributed by atoms with van der Waals surface area (Å²) in [5.41, 5.74) is 14.6. The number of aliphatic hydroxyl groups excluding tert-OH is 1. The number of aliphatic imine (C=N–C) groups is 1. The number of fused-ring (bicyclic) bond motifs is 2. The molecule has 0 saturated carbocycles. The van der Waals surface area contributed by atoms with Crippen LogP contribution in [0.1, 0.15) is 88.1 Å². The Bertz CT molecular complexity index is 3880. The summed E-state index contributed by atoms with van der Waals surface area (Å²) in [6.45, 7) is 5.14. The highest BCUT2D eigenvalue weighted by atomic mass is 19.4. The number of aromatic amines is 3. The molecule has 2 fully saturated rings. The molecule has 0 aliphatic carbocycles. The van der Waals surface area contributed by atoms with Crippen molar-refractivity contribution in [2.45, 2.75) is 152 Å². The van der Waals surface area contributed by atoms with Crippen LogP contribution >= 0.6 is 0 Å². The zero-order valence-electron chi connectivity index (χ0n) is 55.1. The van der Waals surface area contributed by atoms with Gasteiger partial charge in [0, 0.05) is 97.8 Å². The number of aromatic hydroxyl groups is 1. The Hall–Kier alpha value is -11.1. The Morgan fingerprint density at radius 3 is 1.68 bits per heavy atom. The number of nitrogens with one attached hydrogen (secondary N) is 12. The van der Waals surface area contributed by atoms with E-state index in [4.69, 9.17) is 21.4 Å². The van der Waals surface area contributed by atoms with Crippen LogP contribution in [-0.4, -0.2) is 198 Å². The molecule has 8 rings (SSSR count). The minimum absolute atomic E-state index is 0.0647. The number of aliphatic hydroxyl groups is 1. The molecule has 6 aromatic rings. The van der Waals surface area contributed by atoms with Crippen molar-refractivity contribution in [3.63, 3.8) is 0 Å². The lowest BCUT2D eigenvalue weighted by molar-refractivity contribution is -0.192. The number of carbonyl (C=O) groups excluding carboxylic acids is 10. The molecule has 9 atom stereocenters.